The van der Waals surface area contributed by atoms with E-state index in [0.717, 1.165) is 44.8 Å². The Morgan fingerprint density at radius 3 is 2.50 bits per heavy atom. The first kappa shape index (κ1) is 26.0. The van der Waals surface area contributed by atoms with Crippen LogP contribution in [0.25, 0.3) is 21.9 Å². The second kappa shape index (κ2) is 9.73. The van der Waals surface area contributed by atoms with Crippen molar-refractivity contribution in [3.8, 4) is 11.1 Å². The summed E-state index contributed by atoms with van der Waals surface area (Å²) in [5, 5.41) is 13.9. The van der Waals surface area contributed by atoms with E-state index in [1.165, 1.54) is 12.1 Å². The van der Waals surface area contributed by atoms with Crippen LogP contribution in [0, 0.1) is 0 Å². The van der Waals surface area contributed by atoms with Gasteiger partial charge in [0.15, 0.2) is 0 Å². The summed E-state index contributed by atoms with van der Waals surface area (Å²) in [5.74, 6) is -1.43. The predicted octanol–water partition coefficient (Wildman–Crippen LogP) is 1.26. The number of hydrogen-bond donors (Lipinski definition) is 1. The van der Waals surface area contributed by atoms with E-state index in [-0.39, 0.29) is 47.3 Å². The Labute approximate surface area is 220 Å². The zero-order valence-corrected chi connectivity index (χ0v) is 20.0. The molecule has 178 valence electrons. The molecule has 0 aliphatic carbocycles. The standard InChI is InChI=1S/C26H19F3N2O3S.Li/c27-26(28,29)17-9-4-8-16(11-17)21-19(12-15-7-3-6-14-5-1-2-10-18(14)15)22(30)23(32)31-20(25(33)34)13-35-24(21)31;/h1-11,20H,12-13,30H2,(H,33,34);/q;+1/p-1/t20-;/m0./s1. The number of alkyl halides is 3. The summed E-state index contributed by atoms with van der Waals surface area (Å²) in [6, 6.07) is 16.8. The molecule has 1 atom stereocenters. The molecule has 0 amide bonds. The molecule has 0 unspecified atom stereocenters. The average Bonchev–Trinajstić information content (AvgIpc) is 3.27. The molecule has 0 radical (unpaired) electrons. The van der Waals surface area contributed by atoms with Crippen LogP contribution in [0.15, 0.2) is 76.6 Å². The van der Waals surface area contributed by atoms with Gasteiger partial charge in [-0.25, -0.2) is 0 Å². The van der Waals surface area contributed by atoms with Crippen LogP contribution in [0.5, 0.6) is 0 Å². The number of pyridine rings is 1. The monoisotopic (exact) mass is 502 g/mol. The number of halogens is 3. The van der Waals surface area contributed by atoms with Gasteiger partial charge in [-0.05, 0) is 39.6 Å². The van der Waals surface area contributed by atoms with Gasteiger partial charge >= 0.3 is 25.0 Å². The van der Waals surface area contributed by atoms with Crippen molar-refractivity contribution in [2.45, 2.75) is 23.7 Å². The summed E-state index contributed by atoms with van der Waals surface area (Å²) in [5.41, 5.74) is 6.30. The van der Waals surface area contributed by atoms with Gasteiger partial charge in [0.2, 0.25) is 0 Å². The van der Waals surface area contributed by atoms with E-state index < -0.39 is 29.3 Å². The van der Waals surface area contributed by atoms with E-state index in [2.05, 4.69) is 0 Å². The molecule has 0 saturated heterocycles. The fourth-order valence-corrected chi connectivity index (χ4v) is 5.87. The number of carboxylic acid groups (broad SMARTS) is 1. The van der Waals surface area contributed by atoms with Crippen LogP contribution in [0.2, 0.25) is 0 Å². The first-order valence-corrected chi connectivity index (χ1v) is 11.7. The Morgan fingerprint density at radius 1 is 1.08 bits per heavy atom. The molecule has 0 fully saturated rings. The third kappa shape index (κ3) is 4.43. The predicted molar refractivity (Wildman–Crippen MR) is 127 cm³/mol. The fourth-order valence-electron chi connectivity index (χ4n) is 4.54. The quantitative estimate of drug-likeness (QED) is 0.425. The van der Waals surface area contributed by atoms with Crippen molar-refractivity contribution in [1.29, 1.82) is 0 Å². The maximum Gasteiger partial charge on any atom is 1.00 e. The van der Waals surface area contributed by atoms with E-state index >= 15 is 0 Å². The topological polar surface area (TPSA) is 88.2 Å². The minimum atomic E-state index is -4.58. The first-order chi connectivity index (χ1) is 16.7. The number of rotatable bonds is 4. The Kier molecular flexibility index (Phi) is 7.02. The minimum absolute atomic E-state index is 0. The van der Waals surface area contributed by atoms with Crippen LogP contribution in [-0.2, 0) is 17.4 Å². The molecular weight excluding hydrogens is 484 g/mol. The fraction of sp³-hybridized carbons (Fsp3) is 0.154. The largest absolute Gasteiger partial charge is 1.00 e. The number of fused-ring (bicyclic) bond motifs is 2. The van der Waals surface area contributed by atoms with E-state index in [0.29, 0.717) is 11.1 Å². The zero-order valence-electron chi connectivity index (χ0n) is 19.1. The summed E-state index contributed by atoms with van der Waals surface area (Å²) in [6.45, 7) is 0. The van der Waals surface area contributed by atoms with Crippen molar-refractivity contribution in [3.05, 3.63) is 93.8 Å². The molecule has 2 N–H and O–H groups in total. The summed E-state index contributed by atoms with van der Waals surface area (Å²) >= 11 is 1.10. The summed E-state index contributed by atoms with van der Waals surface area (Å²) in [4.78, 5) is 24.9. The van der Waals surface area contributed by atoms with Gasteiger partial charge < -0.3 is 15.6 Å². The van der Waals surface area contributed by atoms with E-state index in [9.17, 15) is 27.9 Å². The number of aliphatic carboxylic acids is 1. The number of aromatic nitrogens is 1. The number of carboxylic acids is 1. The van der Waals surface area contributed by atoms with Crippen molar-refractivity contribution in [1.82, 2.24) is 4.57 Å². The maximum absolute atomic E-state index is 13.5. The van der Waals surface area contributed by atoms with Gasteiger partial charge in [0.1, 0.15) is 5.69 Å². The van der Waals surface area contributed by atoms with E-state index in [1.807, 2.05) is 42.5 Å². The summed E-state index contributed by atoms with van der Waals surface area (Å²) in [6.07, 6.45) is -4.40. The van der Waals surface area contributed by atoms with Crippen molar-refractivity contribution < 1.29 is 41.9 Å². The number of nitrogens with zero attached hydrogens (tertiary/aromatic N) is 1. The molecule has 1 aromatic heterocycles. The second-order valence-electron chi connectivity index (χ2n) is 8.29. The van der Waals surface area contributed by atoms with Crippen LogP contribution >= 0.6 is 11.8 Å². The first-order valence-electron chi connectivity index (χ1n) is 10.7. The molecule has 0 bridgehead atoms. The Hall–Kier alpha value is -3.12. The van der Waals surface area contributed by atoms with Crippen LogP contribution < -0.4 is 35.3 Å². The van der Waals surface area contributed by atoms with E-state index in [4.69, 9.17) is 5.73 Å². The Balaban J connectivity index is 0.00000304. The van der Waals surface area contributed by atoms with Crippen molar-refractivity contribution in [3.63, 3.8) is 0 Å². The molecule has 10 heteroatoms. The molecule has 5 rings (SSSR count). The van der Waals surface area contributed by atoms with E-state index in [1.54, 1.807) is 0 Å². The van der Waals surface area contributed by atoms with Crippen LogP contribution in [-0.4, -0.2) is 16.3 Å². The molecule has 0 spiro atoms. The van der Waals surface area contributed by atoms with Gasteiger partial charge in [-0.3, -0.25) is 9.36 Å². The molecule has 1 aliphatic heterocycles. The molecule has 1 aliphatic rings. The average molecular weight is 502 g/mol. The molecule has 3 aromatic carbocycles. The smallest absolute Gasteiger partial charge is 0.548 e. The SMILES string of the molecule is Nc1c(Cc2cccc3ccccc23)c(-c2cccc(C(F)(F)F)c2)c2n(c1=O)[C@H](C(=O)[O-])CS2.[Li+]. The van der Waals surface area contributed by atoms with Crippen LogP contribution in [0.1, 0.15) is 22.7 Å². The van der Waals surface area contributed by atoms with Crippen molar-refractivity contribution in [2.24, 2.45) is 0 Å². The van der Waals surface area contributed by atoms with Gasteiger partial charge in [0.05, 0.1) is 22.6 Å². The second-order valence-corrected chi connectivity index (χ2v) is 9.30. The molecular formula is C26H18F3LiN2O3S. The Bertz CT molecular complexity index is 1550. The van der Waals surface area contributed by atoms with Crippen LogP contribution in [0.3, 0.4) is 0 Å². The zero-order chi connectivity index (χ0) is 24.9. The normalized spacial score (nSPS) is 14.9. The van der Waals surface area contributed by atoms with Crippen molar-refractivity contribution >= 4 is 34.2 Å². The number of hydrogen-bond acceptors (Lipinski definition) is 5. The van der Waals surface area contributed by atoms with Gasteiger partial charge in [-0.15, -0.1) is 11.8 Å². The molecule has 4 aromatic rings. The number of nitrogen functional groups attached to an aromatic ring is 1. The summed E-state index contributed by atoms with van der Waals surface area (Å²) in [7, 11) is 0. The third-order valence-corrected chi connectivity index (χ3v) is 7.35. The molecule has 2 heterocycles. The van der Waals surface area contributed by atoms with Crippen LogP contribution in [0.4, 0.5) is 18.9 Å². The summed E-state index contributed by atoms with van der Waals surface area (Å²) < 4.78 is 41.6. The number of benzene rings is 3. The van der Waals surface area contributed by atoms with Gasteiger partial charge in [0.25, 0.3) is 5.56 Å². The maximum atomic E-state index is 13.5. The van der Waals surface area contributed by atoms with Gasteiger partial charge in [-0.2, -0.15) is 13.2 Å². The molecule has 5 nitrogen and oxygen atoms in total. The van der Waals surface area contributed by atoms with Gasteiger partial charge in [-0.1, -0.05) is 54.6 Å². The Morgan fingerprint density at radius 2 is 1.78 bits per heavy atom. The molecule has 36 heavy (non-hydrogen) atoms. The van der Waals surface area contributed by atoms with Crippen molar-refractivity contribution in [2.75, 3.05) is 11.5 Å². The number of nitrogens with two attached hydrogens (primary N) is 1. The number of anilines is 1. The number of carbonyl (C=O) groups is 1. The molecule has 0 saturated carbocycles. The third-order valence-electron chi connectivity index (χ3n) is 6.20. The van der Waals surface area contributed by atoms with Gasteiger partial charge in [0, 0.05) is 17.7 Å². The minimum Gasteiger partial charge on any atom is -0.548 e. The number of carbonyl (C=O) groups excluding carboxylic acids is 1. The number of thioether (sulfide) groups is 1.